The van der Waals surface area contributed by atoms with E-state index < -0.39 is 34.5 Å². The molecule has 0 aromatic heterocycles. The van der Waals surface area contributed by atoms with E-state index in [9.17, 15) is 17.6 Å². The van der Waals surface area contributed by atoms with Gasteiger partial charge in [-0.2, -0.15) is 0 Å². The number of likely N-dealkylation sites (N-methyl/N-ethyl adjacent to an activating group) is 1. The molecule has 2 aromatic carbocycles. The Hall–Kier alpha value is -2.00. The lowest BCUT2D eigenvalue weighted by Crippen LogP contribution is -2.34. The molecule has 8 heteroatoms. The highest BCUT2D eigenvalue weighted by atomic mass is 19.2. The smallest absolute Gasteiger partial charge is 0.164 e. The SMILES string of the molecule is CCN1CCC(OC)(c2cccc(F)c2F)C1.COC1(c2cccc(F)c2F)CCNC1. The van der Waals surface area contributed by atoms with Crippen molar-refractivity contribution >= 4 is 0 Å². The maximum atomic E-state index is 13.8. The first-order chi connectivity index (χ1) is 15.3. The molecular formula is C24H30F4N2O2. The van der Waals surface area contributed by atoms with E-state index in [1.54, 1.807) is 19.2 Å². The molecule has 1 N–H and O–H groups in total. The first-order valence-electron chi connectivity index (χ1n) is 10.7. The molecule has 0 spiro atoms. The number of methoxy groups -OCH3 is 2. The van der Waals surface area contributed by atoms with E-state index in [2.05, 4.69) is 10.2 Å². The van der Waals surface area contributed by atoms with Gasteiger partial charge in [0.25, 0.3) is 0 Å². The molecule has 2 aliphatic rings. The van der Waals surface area contributed by atoms with Crippen LogP contribution >= 0.6 is 0 Å². The molecule has 4 rings (SSSR count). The van der Waals surface area contributed by atoms with Crippen LogP contribution in [-0.2, 0) is 20.7 Å². The largest absolute Gasteiger partial charge is 0.372 e. The number of hydrogen-bond donors (Lipinski definition) is 1. The van der Waals surface area contributed by atoms with Gasteiger partial charge < -0.3 is 19.7 Å². The lowest BCUT2D eigenvalue weighted by molar-refractivity contribution is -0.00869. The van der Waals surface area contributed by atoms with Gasteiger partial charge in [0.1, 0.15) is 11.2 Å². The second-order valence-corrected chi connectivity index (χ2v) is 8.15. The van der Waals surface area contributed by atoms with Gasteiger partial charge in [0.15, 0.2) is 23.3 Å². The molecule has 0 radical (unpaired) electrons. The van der Waals surface area contributed by atoms with E-state index in [0.29, 0.717) is 37.1 Å². The second kappa shape index (κ2) is 10.3. The fraction of sp³-hybridized carbons (Fsp3) is 0.500. The lowest BCUT2D eigenvalue weighted by Gasteiger charge is -2.28. The predicted molar refractivity (Wildman–Crippen MR) is 114 cm³/mol. The van der Waals surface area contributed by atoms with Crippen LogP contribution in [-0.4, -0.2) is 51.8 Å². The molecular weight excluding hydrogens is 424 g/mol. The van der Waals surface area contributed by atoms with E-state index in [1.165, 1.54) is 19.2 Å². The Morgan fingerprint density at radius 2 is 1.44 bits per heavy atom. The lowest BCUT2D eigenvalue weighted by atomic mass is 9.92. The van der Waals surface area contributed by atoms with Crippen molar-refractivity contribution in [3.8, 4) is 0 Å². The van der Waals surface area contributed by atoms with Gasteiger partial charge in [0.05, 0.1) is 0 Å². The Kier molecular flexibility index (Phi) is 7.92. The molecule has 0 saturated carbocycles. The first kappa shape index (κ1) is 24.6. The molecule has 2 saturated heterocycles. The Balaban J connectivity index is 0.000000182. The average molecular weight is 455 g/mol. The van der Waals surface area contributed by atoms with Crippen LogP contribution in [0.3, 0.4) is 0 Å². The van der Waals surface area contributed by atoms with Gasteiger partial charge in [-0.15, -0.1) is 0 Å². The number of benzene rings is 2. The predicted octanol–water partition coefficient (Wildman–Crippen LogP) is 4.33. The maximum absolute atomic E-state index is 13.8. The monoisotopic (exact) mass is 454 g/mol. The zero-order valence-electron chi connectivity index (χ0n) is 18.7. The number of nitrogens with zero attached hydrogens (tertiary/aromatic N) is 1. The molecule has 2 fully saturated rings. The summed E-state index contributed by atoms with van der Waals surface area (Å²) in [7, 11) is 3.08. The van der Waals surface area contributed by atoms with Gasteiger partial charge in [-0.25, -0.2) is 17.6 Å². The zero-order valence-corrected chi connectivity index (χ0v) is 18.7. The number of ether oxygens (including phenoxy) is 2. The summed E-state index contributed by atoms with van der Waals surface area (Å²) in [6.07, 6.45) is 1.35. The summed E-state index contributed by atoms with van der Waals surface area (Å²) in [5, 5.41) is 3.10. The number of likely N-dealkylation sites (tertiary alicyclic amines) is 1. The van der Waals surface area contributed by atoms with Gasteiger partial charge >= 0.3 is 0 Å². The minimum atomic E-state index is -0.823. The van der Waals surface area contributed by atoms with E-state index >= 15 is 0 Å². The molecule has 0 bridgehead atoms. The topological polar surface area (TPSA) is 33.7 Å². The average Bonchev–Trinajstić information content (AvgIpc) is 3.46. The van der Waals surface area contributed by atoms with Gasteiger partial charge in [0, 0.05) is 45.0 Å². The number of nitrogens with one attached hydrogen (secondary N) is 1. The van der Waals surface area contributed by atoms with Crippen LogP contribution in [0.2, 0.25) is 0 Å². The van der Waals surface area contributed by atoms with Crippen LogP contribution in [0.25, 0.3) is 0 Å². The van der Waals surface area contributed by atoms with Crippen LogP contribution in [0.5, 0.6) is 0 Å². The molecule has 2 atom stereocenters. The summed E-state index contributed by atoms with van der Waals surface area (Å²) < 4.78 is 64.7. The second-order valence-electron chi connectivity index (χ2n) is 8.15. The summed E-state index contributed by atoms with van der Waals surface area (Å²) in [6.45, 7) is 5.67. The Morgan fingerprint density at radius 3 is 1.88 bits per heavy atom. The van der Waals surface area contributed by atoms with Crippen molar-refractivity contribution < 1.29 is 27.0 Å². The highest BCUT2D eigenvalue weighted by Gasteiger charge is 2.41. The molecule has 176 valence electrons. The fourth-order valence-corrected chi connectivity index (χ4v) is 4.52. The molecule has 4 nitrogen and oxygen atoms in total. The molecule has 2 heterocycles. The van der Waals surface area contributed by atoms with Crippen molar-refractivity contribution in [3.05, 3.63) is 70.8 Å². The van der Waals surface area contributed by atoms with Gasteiger partial charge in [-0.1, -0.05) is 31.2 Å². The molecule has 2 aliphatic heterocycles. The third-order valence-corrected chi connectivity index (χ3v) is 6.54. The van der Waals surface area contributed by atoms with Crippen molar-refractivity contribution in [1.29, 1.82) is 0 Å². The summed E-state index contributed by atoms with van der Waals surface area (Å²) >= 11 is 0. The summed E-state index contributed by atoms with van der Waals surface area (Å²) in [5.74, 6) is -3.22. The van der Waals surface area contributed by atoms with Crippen LogP contribution < -0.4 is 5.32 Å². The zero-order chi connectivity index (χ0) is 23.4. The van der Waals surface area contributed by atoms with Gasteiger partial charge in [-0.05, 0) is 38.1 Å². The van der Waals surface area contributed by atoms with Crippen molar-refractivity contribution in [2.24, 2.45) is 0 Å². The normalized spacial score (nSPS) is 25.6. The van der Waals surface area contributed by atoms with Crippen molar-refractivity contribution in [2.45, 2.75) is 31.0 Å². The summed E-state index contributed by atoms with van der Waals surface area (Å²) in [5.41, 5.74) is -0.792. The van der Waals surface area contributed by atoms with Crippen molar-refractivity contribution in [1.82, 2.24) is 10.2 Å². The molecule has 2 unspecified atom stereocenters. The van der Waals surface area contributed by atoms with Crippen LogP contribution in [0.1, 0.15) is 30.9 Å². The Labute approximate surface area is 186 Å². The third kappa shape index (κ3) is 4.69. The van der Waals surface area contributed by atoms with Gasteiger partial charge in [0.2, 0.25) is 0 Å². The fourth-order valence-electron chi connectivity index (χ4n) is 4.52. The summed E-state index contributed by atoms with van der Waals surface area (Å²) in [4.78, 5) is 2.17. The Morgan fingerprint density at radius 1 is 0.875 bits per heavy atom. The Bertz CT molecular complexity index is 921. The summed E-state index contributed by atoms with van der Waals surface area (Å²) in [6, 6.07) is 8.48. The molecule has 2 aromatic rings. The van der Waals surface area contributed by atoms with Crippen LogP contribution in [0.15, 0.2) is 36.4 Å². The van der Waals surface area contributed by atoms with Gasteiger partial charge in [-0.3, -0.25) is 0 Å². The molecule has 0 aliphatic carbocycles. The van der Waals surface area contributed by atoms with E-state index in [1.807, 2.05) is 6.92 Å². The highest BCUT2D eigenvalue weighted by Crippen LogP contribution is 2.37. The third-order valence-electron chi connectivity index (χ3n) is 6.54. The van der Waals surface area contributed by atoms with Crippen molar-refractivity contribution in [2.75, 3.05) is 46.9 Å². The van der Waals surface area contributed by atoms with Crippen LogP contribution in [0, 0.1) is 23.3 Å². The van der Waals surface area contributed by atoms with E-state index in [-0.39, 0.29) is 0 Å². The first-order valence-corrected chi connectivity index (χ1v) is 10.7. The number of rotatable bonds is 5. The highest BCUT2D eigenvalue weighted by molar-refractivity contribution is 5.28. The minimum Gasteiger partial charge on any atom is -0.372 e. The number of halogens is 4. The quantitative estimate of drug-likeness (QED) is 0.682. The van der Waals surface area contributed by atoms with Crippen LogP contribution in [0.4, 0.5) is 17.6 Å². The van der Waals surface area contributed by atoms with Crippen molar-refractivity contribution in [3.63, 3.8) is 0 Å². The van der Waals surface area contributed by atoms with E-state index in [0.717, 1.165) is 31.8 Å². The minimum absolute atomic E-state index is 0.301. The number of hydrogen-bond acceptors (Lipinski definition) is 4. The molecule has 32 heavy (non-hydrogen) atoms. The maximum Gasteiger partial charge on any atom is 0.164 e. The molecule has 0 amide bonds. The van der Waals surface area contributed by atoms with E-state index in [4.69, 9.17) is 9.47 Å². The standard InChI is InChI=1S/C13H17F2NO.C11H13F2NO/c1-3-16-8-7-13(9-16,17-2)10-5-4-6-11(14)12(10)15;1-15-11(5-6-14-7-11)8-3-2-4-9(12)10(8)13/h4-6H,3,7-9H2,1-2H3;2-4,14H,5-7H2,1H3.